The molecule has 2 aromatic heterocycles. The third-order valence-electron chi connectivity index (χ3n) is 6.34. The highest BCUT2D eigenvalue weighted by atomic mass is 35.5. The molecule has 176 valence electrons. The lowest BCUT2D eigenvalue weighted by molar-refractivity contribution is 0.0697. The fourth-order valence-electron chi connectivity index (χ4n) is 4.81. The van der Waals surface area contributed by atoms with Crippen LogP contribution < -0.4 is 10.2 Å². The van der Waals surface area contributed by atoms with Crippen molar-refractivity contribution in [1.29, 1.82) is 0 Å². The fourth-order valence-corrected chi connectivity index (χ4v) is 5.29. The van der Waals surface area contributed by atoms with Crippen molar-refractivity contribution >= 4 is 40.6 Å². The molecule has 0 unspecified atom stereocenters. The largest absolute Gasteiger partial charge is 0.478 e. The van der Waals surface area contributed by atoms with Crippen LogP contribution in [-0.2, 0) is 0 Å². The summed E-state index contributed by atoms with van der Waals surface area (Å²) >= 11 is 12.0. The van der Waals surface area contributed by atoms with Gasteiger partial charge >= 0.3 is 5.97 Å². The Bertz CT molecular complexity index is 1420. The molecule has 1 saturated heterocycles. The molecule has 0 amide bonds. The minimum atomic E-state index is -0.955. The molecular formula is C27H23ClN4O2S. The van der Waals surface area contributed by atoms with E-state index in [1.165, 1.54) is 0 Å². The summed E-state index contributed by atoms with van der Waals surface area (Å²) in [6, 6.07) is 22.2. The summed E-state index contributed by atoms with van der Waals surface area (Å²) in [5.74, 6) is -0.955. The second-order valence-electron chi connectivity index (χ2n) is 8.49. The maximum atomic E-state index is 11.6. The average Bonchev–Trinajstić information content (AvgIpc) is 3.35. The number of carboxylic acid groups (broad SMARTS) is 1. The number of anilines is 1. The number of aryl methyl sites for hydroxylation is 1. The van der Waals surface area contributed by atoms with Gasteiger partial charge in [-0.1, -0.05) is 23.7 Å². The van der Waals surface area contributed by atoms with Crippen molar-refractivity contribution in [2.45, 2.75) is 25.9 Å². The van der Waals surface area contributed by atoms with Crippen LogP contribution in [0.3, 0.4) is 0 Å². The van der Waals surface area contributed by atoms with Gasteiger partial charge in [0.05, 0.1) is 23.3 Å². The Hall–Kier alpha value is -3.68. The number of rotatable bonds is 5. The third-order valence-corrected chi connectivity index (χ3v) is 6.91. The highest BCUT2D eigenvalue weighted by molar-refractivity contribution is 7.80. The van der Waals surface area contributed by atoms with Gasteiger partial charge in [0.15, 0.2) is 5.11 Å². The van der Waals surface area contributed by atoms with Crippen LogP contribution in [0.1, 0.15) is 45.1 Å². The van der Waals surface area contributed by atoms with Crippen molar-refractivity contribution < 1.29 is 9.90 Å². The minimum Gasteiger partial charge on any atom is -0.478 e. The number of nitrogens with zero attached hydrogens (tertiary/aromatic N) is 3. The standard InChI is InChI=1S/C27H23ClN4O2S/c1-16-14-22(17(2)31(16)21-7-5-6-18(15-21)26(33)34)25-24(23-8-3-4-13-29-23)30-27(35)32(25)20-11-9-19(28)10-12-20/h3-15,24-25H,1-2H3,(H,30,35)(H,33,34)/t24-,25-/m1/s1. The fraction of sp³-hybridized carbons (Fsp3) is 0.148. The van der Waals surface area contributed by atoms with E-state index >= 15 is 0 Å². The zero-order valence-corrected chi connectivity index (χ0v) is 20.7. The molecule has 0 aliphatic carbocycles. The van der Waals surface area contributed by atoms with Gasteiger partial charge in [0.25, 0.3) is 0 Å². The van der Waals surface area contributed by atoms with Gasteiger partial charge in [-0.3, -0.25) is 4.98 Å². The molecule has 1 aliphatic heterocycles. The number of hydrogen-bond donors (Lipinski definition) is 2. The molecule has 6 nitrogen and oxygen atoms in total. The summed E-state index contributed by atoms with van der Waals surface area (Å²) in [6.07, 6.45) is 1.78. The molecular weight excluding hydrogens is 480 g/mol. The highest BCUT2D eigenvalue weighted by Gasteiger charge is 2.42. The van der Waals surface area contributed by atoms with E-state index in [1.54, 1.807) is 24.4 Å². The summed E-state index contributed by atoms with van der Waals surface area (Å²) in [7, 11) is 0. The zero-order valence-electron chi connectivity index (χ0n) is 19.1. The number of pyridine rings is 1. The van der Waals surface area contributed by atoms with E-state index < -0.39 is 5.97 Å². The first-order chi connectivity index (χ1) is 16.8. The Balaban J connectivity index is 1.67. The summed E-state index contributed by atoms with van der Waals surface area (Å²) in [5, 5.41) is 14.2. The number of aromatic nitrogens is 2. The van der Waals surface area contributed by atoms with Crippen LogP contribution in [0.2, 0.25) is 5.02 Å². The number of nitrogens with one attached hydrogen (secondary N) is 1. The van der Waals surface area contributed by atoms with Crippen molar-refractivity contribution in [2.24, 2.45) is 0 Å². The molecule has 2 atom stereocenters. The first-order valence-electron chi connectivity index (χ1n) is 11.1. The first-order valence-corrected chi connectivity index (χ1v) is 11.9. The SMILES string of the molecule is Cc1cc([C@@H]2[C@@H](c3ccccn3)NC(=S)N2c2ccc(Cl)cc2)c(C)n1-c1cccc(C(=O)O)c1. The van der Waals surface area contributed by atoms with Crippen LogP contribution in [0.25, 0.3) is 5.69 Å². The van der Waals surface area contributed by atoms with Crippen molar-refractivity contribution in [3.05, 3.63) is 112 Å². The smallest absolute Gasteiger partial charge is 0.335 e. The van der Waals surface area contributed by atoms with E-state index in [4.69, 9.17) is 23.8 Å². The molecule has 2 N–H and O–H groups in total. The molecule has 1 fully saturated rings. The highest BCUT2D eigenvalue weighted by Crippen LogP contribution is 2.43. The second kappa shape index (κ2) is 9.17. The summed E-state index contributed by atoms with van der Waals surface area (Å²) in [5.41, 5.74) is 5.92. The van der Waals surface area contributed by atoms with Gasteiger partial charge in [-0.25, -0.2) is 4.79 Å². The van der Waals surface area contributed by atoms with Crippen molar-refractivity contribution in [3.63, 3.8) is 0 Å². The van der Waals surface area contributed by atoms with E-state index in [-0.39, 0.29) is 17.6 Å². The Kier molecular flexibility index (Phi) is 6.05. The number of hydrogen-bond acceptors (Lipinski definition) is 3. The Morgan fingerprint density at radius 2 is 1.80 bits per heavy atom. The Labute approximate surface area is 213 Å². The van der Waals surface area contributed by atoms with Crippen LogP contribution >= 0.6 is 23.8 Å². The van der Waals surface area contributed by atoms with E-state index in [2.05, 4.69) is 25.8 Å². The average molecular weight is 503 g/mol. The lowest BCUT2D eigenvalue weighted by Gasteiger charge is -2.28. The van der Waals surface area contributed by atoms with E-state index in [0.717, 1.165) is 34.0 Å². The number of halogens is 1. The molecule has 0 bridgehead atoms. The molecule has 8 heteroatoms. The summed E-state index contributed by atoms with van der Waals surface area (Å²) < 4.78 is 2.08. The van der Waals surface area contributed by atoms with Gasteiger partial charge in [0, 0.05) is 34.0 Å². The maximum Gasteiger partial charge on any atom is 0.335 e. The number of carbonyl (C=O) groups is 1. The molecule has 3 heterocycles. The van der Waals surface area contributed by atoms with Crippen molar-refractivity contribution in [3.8, 4) is 5.69 Å². The van der Waals surface area contributed by atoms with Crippen LogP contribution in [0.4, 0.5) is 5.69 Å². The Morgan fingerprint density at radius 1 is 1.03 bits per heavy atom. The second-order valence-corrected chi connectivity index (χ2v) is 9.31. The molecule has 0 radical (unpaired) electrons. The van der Waals surface area contributed by atoms with Gasteiger partial charge in [0.2, 0.25) is 0 Å². The zero-order chi connectivity index (χ0) is 24.7. The molecule has 35 heavy (non-hydrogen) atoms. The Morgan fingerprint density at radius 3 is 2.49 bits per heavy atom. The predicted octanol–water partition coefficient (Wildman–Crippen LogP) is 6.02. The number of thiocarbonyl (C=S) groups is 1. The van der Waals surface area contributed by atoms with Crippen LogP contribution in [-0.4, -0.2) is 25.7 Å². The molecule has 1 aliphatic rings. The van der Waals surface area contributed by atoms with Gasteiger partial charge < -0.3 is 19.9 Å². The van der Waals surface area contributed by atoms with Crippen LogP contribution in [0.5, 0.6) is 0 Å². The summed E-state index contributed by atoms with van der Waals surface area (Å²) in [4.78, 5) is 18.3. The van der Waals surface area contributed by atoms with E-state index in [0.29, 0.717) is 10.1 Å². The van der Waals surface area contributed by atoms with Crippen LogP contribution in [0.15, 0.2) is 79.0 Å². The summed E-state index contributed by atoms with van der Waals surface area (Å²) in [6.45, 7) is 4.07. The third kappa shape index (κ3) is 4.17. The quantitative estimate of drug-likeness (QED) is 0.325. The maximum absolute atomic E-state index is 11.6. The normalized spacial score (nSPS) is 17.5. The van der Waals surface area contributed by atoms with E-state index in [9.17, 15) is 9.90 Å². The first kappa shape index (κ1) is 23.1. The van der Waals surface area contributed by atoms with Gasteiger partial charge in [-0.15, -0.1) is 0 Å². The van der Waals surface area contributed by atoms with Crippen LogP contribution in [0, 0.1) is 13.8 Å². The lowest BCUT2D eigenvalue weighted by Crippen LogP contribution is -2.29. The van der Waals surface area contributed by atoms with Crippen molar-refractivity contribution in [2.75, 3.05) is 4.90 Å². The molecule has 5 rings (SSSR count). The molecule has 2 aromatic carbocycles. The number of aromatic carboxylic acids is 1. The molecule has 0 spiro atoms. The topological polar surface area (TPSA) is 70.4 Å². The lowest BCUT2D eigenvalue weighted by atomic mass is 9.96. The monoisotopic (exact) mass is 502 g/mol. The molecule has 0 saturated carbocycles. The molecule has 4 aromatic rings. The number of carboxylic acids is 1. The van der Waals surface area contributed by atoms with Gasteiger partial charge in [-0.2, -0.15) is 0 Å². The minimum absolute atomic E-state index is 0.179. The van der Waals surface area contributed by atoms with Gasteiger partial charge in [0.1, 0.15) is 0 Å². The van der Waals surface area contributed by atoms with Crippen molar-refractivity contribution in [1.82, 2.24) is 14.9 Å². The van der Waals surface area contributed by atoms with E-state index in [1.807, 2.05) is 62.4 Å². The predicted molar refractivity (Wildman–Crippen MR) is 142 cm³/mol. The van der Waals surface area contributed by atoms with Gasteiger partial charge in [-0.05, 0) is 92.3 Å². The number of benzene rings is 2.